The van der Waals surface area contributed by atoms with Gasteiger partial charge in [0.05, 0.1) is 61.3 Å². The van der Waals surface area contributed by atoms with Gasteiger partial charge in [0.15, 0.2) is 35.1 Å². The molecule has 5 rings (SSSR count). The third-order valence-corrected chi connectivity index (χ3v) is 19.2. The fourth-order valence-corrected chi connectivity index (χ4v) is 14.1. The number of nitro groups is 1. The lowest BCUT2D eigenvalue weighted by atomic mass is 9.69. The van der Waals surface area contributed by atoms with E-state index in [9.17, 15) is 48.5 Å². The fraction of sp³-hybridized carbons (Fsp3) is 0.847. The average Bonchev–Trinajstić information content (AvgIpc) is 1.33. The van der Waals surface area contributed by atoms with Crippen molar-refractivity contribution >= 4 is 39.3 Å². The highest BCUT2D eigenvalue weighted by Crippen LogP contribution is 2.43. The van der Waals surface area contributed by atoms with Crippen molar-refractivity contribution in [3.05, 3.63) is 28.5 Å². The van der Waals surface area contributed by atoms with Crippen LogP contribution in [0.25, 0.3) is 0 Å². The van der Waals surface area contributed by atoms with Crippen LogP contribution in [0.15, 0.2) is 23.2 Å². The first kappa shape index (κ1) is 72.8. The van der Waals surface area contributed by atoms with Crippen molar-refractivity contribution in [1.29, 1.82) is 0 Å². The number of aromatic nitrogens is 2. The second kappa shape index (κ2) is 29.8. The summed E-state index contributed by atoms with van der Waals surface area (Å²) < 4.78 is 92.1. The molecule has 0 spiro atoms. The minimum absolute atomic E-state index is 0.0521. The third kappa shape index (κ3) is 17.7. The zero-order valence-electron chi connectivity index (χ0n) is 53.1. The summed E-state index contributed by atoms with van der Waals surface area (Å²) in [5.74, 6) is -10.0. The SMILES string of the molecule is C=C1C[C@@H](C)O[C@@H](O[C@@H]2[C@@H](C)[C@H](O[C@H]3C[C@@](C)(O)[C@@H](O)[C@H](C)O3)[C@@H](C)C(=O)C[C@H]([C@@H](C)CO[C@@H]3O[C@H](C)[C@@H](O)[C@@H](OC)[C@H]3OC)[C@H](C)[C@@H](OC(=O)CC(C)C)[C@@H](C)C(=O)[C@@](C)(OC(=O)CC(C)(C)CNS(=O)(=O)c3cn[nH]c3[N+](=O)[O-])C[C@@H]2C)[C@@H]1O. The highest BCUT2D eigenvalue weighted by atomic mass is 32.2. The van der Waals surface area contributed by atoms with Gasteiger partial charge in [0, 0.05) is 51.9 Å². The first-order valence-electron chi connectivity index (χ1n) is 29.8. The third-order valence-electron chi connectivity index (χ3n) is 17.7. The number of ketones is 2. The van der Waals surface area contributed by atoms with Crippen molar-refractivity contribution < 1.29 is 100 Å². The molecule has 0 aromatic carbocycles. The van der Waals surface area contributed by atoms with Gasteiger partial charge in [-0.2, -0.15) is 0 Å². The molecule has 0 unspecified atom stereocenters. The molecular formula is C59H98N4O22S. The number of sulfonamides is 1. The van der Waals surface area contributed by atoms with Gasteiger partial charge in [-0.1, -0.05) is 80.9 Å². The number of Topliss-reactive ketones (excluding diaryl/α,β-unsaturated/α-hetero) is 2. The molecule has 4 fully saturated rings. The summed E-state index contributed by atoms with van der Waals surface area (Å²) in [5, 5.41) is 62.3. The number of methoxy groups -OCH3 is 2. The number of nitrogens with zero attached hydrogens (tertiary/aromatic N) is 2. The number of aliphatic hydroxyl groups is 4. The Bertz CT molecular complexity index is 2600. The number of ether oxygens (including phenoxy) is 10. The van der Waals surface area contributed by atoms with Crippen LogP contribution >= 0.6 is 0 Å². The Kier molecular flexibility index (Phi) is 25.2. The number of aliphatic hydroxyl groups excluding tert-OH is 3. The van der Waals surface area contributed by atoms with Gasteiger partial charge < -0.3 is 77.9 Å². The van der Waals surface area contributed by atoms with Gasteiger partial charge >= 0.3 is 17.8 Å². The normalized spacial score (nSPS) is 38.7. The van der Waals surface area contributed by atoms with Crippen molar-refractivity contribution in [2.24, 2.45) is 52.8 Å². The molecule has 26 nitrogen and oxygen atoms in total. The standard InChI is InChI=1S/C59H98N4O22S/c1-28(2)19-42(65)82-48-33(7)39(31(5)26-78-56-51(77-18)50(76-17)46(68)37(11)81-56)21-40(64)34(8)49(83-44-24-58(15,71)53(70)38(12)80-44)35(9)47(84-55-45(67)29(3)20-32(6)79-55)30(4)22-59(16,52(69)36(48)10)85-43(66)23-57(13,14)27-61-86(74,75)41-25-60-62-54(41)63(72)73/h25,28,30-39,44-51,53,55-56,61,67-68,70-71H,3,19-24,26-27H2,1-2,4-18H3,(H,60,62)/t30-,31-,32+,33-,34-,35+,36+,37+,38-,39+,44-,45+,46+,47-,48+,49+,50+,51+,53-,55-,56+,58+,59-/m0/s1. The van der Waals surface area contributed by atoms with Gasteiger partial charge in [0.25, 0.3) is 10.0 Å². The predicted molar refractivity (Wildman–Crippen MR) is 308 cm³/mol. The number of carbonyl (C=O) groups excluding carboxylic acids is 4. The van der Waals surface area contributed by atoms with Gasteiger partial charge in [-0.05, 0) is 93.0 Å². The van der Waals surface area contributed by atoms with Crippen LogP contribution in [-0.4, -0.2) is 192 Å². The van der Waals surface area contributed by atoms with Crippen molar-refractivity contribution in [2.45, 2.75) is 244 Å². The number of hydrogen-bond acceptors (Lipinski definition) is 23. The molecule has 1 aromatic heterocycles. The van der Waals surface area contributed by atoms with Crippen molar-refractivity contribution in [2.75, 3.05) is 27.4 Å². The largest absolute Gasteiger partial charge is 0.461 e. The van der Waals surface area contributed by atoms with Gasteiger partial charge in [-0.15, -0.1) is 5.10 Å². The number of H-pyrrole nitrogens is 1. The Labute approximate surface area is 505 Å². The van der Waals surface area contributed by atoms with E-state index in [1.54, 1.807) is 69.2 Å². The average molecular weight is 1250 g/mol. The topological polar surface area (TPSA) is 359 Å². The van der Waals surface area contributed by atoms with E-state index >= 15 is 9.59 Å². The van der Waals surface area contributed by atoms with E-state index in [4.69, 9.17) is 47.4 Å². The minimum Gasteiger partial charge on any atom is -0.461 e. The monoisotopic (exact) mass is 1250 g/mol. The molecule has 86 heavy (non-hydrogen) atoms. The van der Waals surface area contributed by atoms with Gasteiger partial charge in [0.1, 0.15) is 42.4 Å². The zero-order chi connectivity index (χ0) is 64.9. The number of rotatable bonds is 21. The summed E-state index contributed by atoms with van der Waals surface area (Å²) in [6.45, 7) is 28.5. The van der Waals surface area contributed by atoms with Crippen LogP contribution in [0.2, 0.25) is 0 Å². The molecule has 1 aromatic rings. The summed E-state index contributed by atoms with van der Waals surface area (Å²) in [6.07, 6.45) is -15.1. The number of esters is 2. The second-order valence-electron chi connectivity index (χ2n) is 26.5. The highest BCUT2D eigenvalue weighted by Gasteiger charge is 2.53. The van der Waals surface area contributed by atoms with Crippen LogP contribution in [0, 0.1) is 62.9 Å². The summed E-state index contributed by atoms with van der Waals surface area (Å²) in [4.78, 5) is 70.3. The second-order valence-corrected chi connectivity index (χ2v) is 28.2. The van der Waals surface area contributed by atoms with Crippen LogP contribution in [0.3, 0.4) is 0 Å². The number of nitrogens with one attached hydrogen (secondary N) is 2. The van der Waals surface area contributed by atoms with Crippen molar-refractivity contribution in [3.63, 3.8) is 0 Å². The van der Waals surface area contributed by atoms with E-state index in [-0.39, 0.29) is 44.0 Å². The molecule has 0 amide bonds. The van der Waals surface area contributed by atoms with E-state index in [1.165, 1.54) is 28.1 Å². The molecule has 6 N–H and O–H groups in total. The molecule has 27 heteroatoms. The van der Waals surface area contributed by atoms with E-state index in [0.29, 0.717) is 12.0 Å². The van der Waals surface area contributed by atoms with Gasteiger partial charge in [-0.25, -0.2) is 13.1 Å². The van der Waals surface area contributed by atoms with E-state index in [1.807, 2.05) is 20.8 Å². The zero-order valence-corrected chi connectivity index (χ0v) is 53.9. The molecule has 4 heterocycles. The molecule has 23 atom stereocenters. The Morgan fingerprint density at radius 2 is 1.51 bits per heavy atom. The maximum Gasteiger partial charge on any atom is 0.362 e. The Morgan fingerprint density at radius 3 is 2.10 bits per heavy atom. The van der Waals surface area contributed by atoms with Crippen LogP contribution in [0.4, 0.5) is 5.82 Å². The number of carbonyl (C=O) groups is 4. The fourth-order valence-electron chi connectivity index (χ4n) is 12.8. The van der Waals surface area contributed by atoms with Crippen molar-refractivity contribution in [1.82, 2.24) is 14.9 Å². The molecule has 4 aliphatic rings. The number of aromatic amines is 1. The smallest absolute Gasteiger partial charge is 0.362 e. The van der Waals surface area contributed by atoms with E-state index in [0.717, 1.165) is 6.20 Å². The van der Waals surface area contributed by atoms with E-state index < -0.39 is 200 Å². The Morgan fingerprint density at radius 1 is 0.872 bits per heavy atom. The number of hydrogen-bond donors (Lipinski definition) is 6. The lowest BCUT2D eigenvalue weighted by molar-refractivity contribution is -0.392. The molecular weight excluding hydrogens is 1150 g/mol. The first-order chi connectivity index (χ1) is 39.8. The minimum atomic E-state index is -4.56. The maximum atomic E-state index is 16.0. The predicted octanol–water partition coefficient (Wildman–Crippen LogP) is 4.86. The maximum absolute atomic E-state index is 16.0. The summed E-state index contributed by atoms with van der Waals surface area (Å²) in [6, 6.07) is 0. The molecule has 3 saturated heterocycles. The summed E-state index contributed by atoms with van der Waals surface area (Å²) in [5.41, 5.74) is -4.69. The Balaban J connectivity index is 1.69. The molecule has 492 valence electrons. The van der Waals surface area contributed by atoms with Crippen LogP contribution in [0.5, 0.6) is 0 Å². The summed E-state index contributed by atoms with van der Waals surface area (Å²) >= 11 is 0. The van der Waals surface area contributed by atoms with Crippen LogP contribution < -0.4 is 4.72 Å². The van der Waals surface area contributed by atoms with E-state index in [2.05, 4.69) is 21.5 Å². The lowest BCUT2D eigenvalue weighted by Crippen LogP contribution is -2.59. The molecule has 0 bridgehead atoms. The quantitative estimate of drug-likeness (QED) is 0.0414. The molecule has 1 saturated carbocycles. The van der Waals surface area contributed by atoms with Crippen molar-refractivity contribution in [3.8, 4) is 0 Å². The first-order valence-corrected chi connectivity index (χ1v) is 31.3. The summed E-state index contributed by atoms with van der Waals surface area (Å²) in [7, 11) is -1.71. The van der Waals surface area contributed by atoms with Gasteiger partial charge in [0.2, 0.25) is 0 Å². The van der Waals surface area contributed by atoms with Crippen LogP contribution in [0.1, 0.15) is 142 Å². The van der Waals surface area contributed by atoms with Crippen LogP contribution in [-0.2, 0) is 76.6 Å². The van der Waals surface area contributed by atoms with Gasteiger partial charge in [-0.3, -0.25) is 19.2 Å². The molecule has 3 aliphatic heterocycles. The lowest BCUT2D eigenvalue weighted by Gasteiger charge is -2.47. The highest BCUT2D eigenvalue weighted by molar-refractivity contribution is 7.89. The Hall–Kier alpha value is -3.94. The molecule has 1 aliphatic carbocycles. The molecule has 0 radical (unpaired) electrons.